The first-order chi connectivity index (χ1) is 13.9. The maximum atomic E-state index is 13.4. The Labute approximate surface area is 177 Å². The highest BCUT2D eigenvalue weighted by atomic mass is 35.5. The van der Waals surface area contributed by atoms with Crippen LogP contribution in [0.1, 0.15) is 37.1 Å². The lowest BCUT2D eigenvalue weighted by Crippen LogP contribution is -2.30. The molecule has 7 nitrogen and oxygen atoms in total. The molecular formula is C19H22ClFN6OS. The van der Waals surface area contributed by atoms with Crippen LogP contribution in [0.4, 0.5) is 4.39 Å². The van der Waals surface area contributed by atoms with E-state index in [1.54, 1.807) is 22.1 Å². The monoisotopic (exact) mass is 436 g/mol. The van der Waals surface area contributed by atoms with E-state index in [4.69, 9.17) is 11.6 Å². The third-order valence-corrected chi connectivity index (χ3v) is 5.31. The smallest absolute Gasteiger partial charge is 0.271 e. The topological polar surface area (TPSA) is 75.9 Å². The lowest BCUT2D eigenvalue weighted by atomic mass is 10.2. The van der Waals surface area contributed by atoms with Crippen molar-refractivity contribution in [3.05, 3.63) is 47.0 Å². The van der Waals surface area contributed by atoms with Crippen molar-refractivity contribution in [1.82, 2.24) is 30.0 Å². The SMILES string of the molecule is CCN(CCl)Cc1nnc(-c2ccc(F)cc2)n1-c1nc(C(=O)NC(C)C)cs1. The van der Waals surface area contributed by atoms with E-state index in [2.05, 4.69) is 20.5 Å². The number of amides is 1. The highest BCUT2D eigenvalue weighted by Crippen LogP contribution is 2.26. The maximum absolute atomic E-state index is 13.4. The van der Waals surface area contributed by atoms with Crippen LogP contribution in [-0.4, -0.2) is 49.1 Å². The summed E-state index contributed by atoms with van der Waals surface area (Å²) < 4.78 is 15.2. The molecule has 0 aliphatic heterocycles. The molecule has 1 amide bonds. The first kappa shape index (κ1) is 21.4. The summed E-state index contributed by atoms with van der Waals surface area (Å²) in [6.45, 7) is 6.98. The van der Waals surface area contributed by atoms with Crippen molar-refractivity contribution in [2.45, 2.75) is 33.4 Å². The quantitative estimate of drug-likeness (QED) is 0.430. The van der Waals surface area contributed by atoms with E-state index < -0.39 is 0 Å². The number of aromatic nitrogens is 4. The van der Waals surface area contributed by atoms with Crippen molar-refractivity contribution in [2.75, 3.05) is 12.5 Å². The maximum Gasteiger partial charge on any atom is 0.271 e. The van der Waals surface area contributed by atoms with Gasteiger partial charge in [0.1, 0.15) is 11.5 Å². The molecule has 3 aromatic rings. The molecule has 2 heterocycles. The average molecular weight is 437 g/mol. The van der Waals surface area contributed by atoms with Gasteiger partial charge in [0.15, 0.2) is 16.8 Å². The number of rotatable bonds is 8. The summed E-state index contributed by atoms with van der Waals surface area (Å²) in [6, 6.07) is 6.37. The number of hydrogen-bond acceptors (Lipinski definition) is 6. The van der Waals surface area contributed by atoms with E-state index in [1.165, 1.54) is 23.5 Å². The first-order valence-electron chi connectivity index (χ1n) is 9.18. The third kappa shape index (κ3) is 4.98. The summed E-state index contributed by atoms with van der Waals surface area (Å²) in [5.41, 5.74) is 1.02. The molecule has 29 heavy (non-hydrogen) atoms. The van der Waals surface area contributed by atoms with E-state index in [0.29, 0.717) is 40.6 Å². The van der Waals surface area contributed by atoms with Gasteiger partial charge in [0.05, 0.1) is 12.5 Å². The molecule has 0 unspecified atom stereocenters. The molecule has 0 saturated heterocycles. The van der Waals surface area contributed by atoms with Gasteiger partial charge in [0.2, 0.25) is 0 Å². The molecule has 0 radical (unpaired) electrons. The van der Waals surface area contributed by atoms with E-state index >= 15 is 0 Å². The third-order valence-electron chi connectivity index (χ3n) is 4.15. The second-order valence-corrected chi connectivity index (χ2v) is 7.77. The van der Waals surface area contributed by atoms with Crippen molar-refractivity contribution in [2.24, 2.45) is 0 Å². The molecule has 0 atom stereocenters. The number of carbonyl (C=O) groups is 1. The largest absolute Gasteiger partial charge is 0.349 e. The van der Waals surface area contributed by atoms with Crippen molar-refractivity contribution >= 4 is 28.8 Å². The Bertz CT molecular complexity index is 967. The van der Waals surface area contributed by atoms with Gasteiger partial charge in [0.25, 0.3) is 5.91 Å². The van der Waals surface area contributed by atoms with Crippen LogP contribution < -0.4 is 5.32 Å². The number of hydrogen-bond donors (Lipinski definition) is 1. The summed E-state index contributed by atoms with van der Waals surface area (Å²) in [7, 11) is 0. The zero-order valence-electron chi connectivity index (χ0n) is 16.4. The molecule has 1 aromatic carbocycles. The Morgan fingerprint density at radius 3 is 2.66 bits per heavy atom. The minimum absolute atomic E-state index is 0.00901. The van der Waals surface area contributed by atoms with Gasteiger partial charge >= 0.3 is 0 Å². The number of halogens is 2. The lowest BCUT2D eigenvalue weighted by Gasteiger charge is -2.16. The van der Waals surface area contributed by atoms with Crippen LogP contribution in [0.2, 0.25) is 0 Å². The van der Waals surface area contributed by atoms with Crippen LogP contribution in [0.15, 0.2) is 29.6 Å². The van der Waals surface area contributed by atoms with Crippen LogP contribution in [0.25, 0.3) is 16.5 Å². The van der Waals surface area contributed by atoms with Crippen LogP contribution in [0.3, 0.4) is 0 Å². The fraction of sp³-hybridized carbons (Fsp3) is 0.368. The highest BCUT2D eigenvalue weighted by molar-refractivity contribution is 7.12. The Morgan fingerprint density at radius 2 is 2.03 bits per heavy atom. The van der Waals surface area contributed by atoms with Crippen molar-refractivity contribution < 1.29 is 9.18 Å². The molecule has 0 spiro atoms. The molecule has 3 rings (SSSR count). The van der Waals surface area contributed by atoms with Crippen molar-refractivity contribution in [3.8, 4) is 16.5 Å². The highest BCUT2D eigenvalue weighted by Gasteiger charge is 2.21. The molecule has 154 valence electrons. The number of carbonyl (C=O) groups excluding carboxylic acids is 1. The van der Waals surface area contributed by atoms with Crippen molar-refractivity contribution in [3.63, 3.8) is 0 Å². The first-order valence-corrected chi connectivity index (χ1v) is 10.6. The van der Waals surface area contributed by atoms with Gasteiger partial charge < -0.3 is 5.32 Å². The fourth-order valence-corrected chi connectivity index (χ4v) is 3.73. The van der Waals surface area contributed by atoms with Crippen molar-refractivity contribution in [1.29, 1.82) is 0 Å². The van der Waals surface area contributed by atoms with E-state index in [0.717, 1.165) is 6.54 Å². The number of nitrogens with zero attached hydrogens (tertiary/aromatic N) is 5. The number of nitrogens with one attached hydrogen (secondary N) is 1. The van der Waals surface area contributed by atoms with Crippen LogP contribution in [0.5, 0.6) is 0 Å². The van der Waals surface area contributed by atoms with Gasteiger partial charge in [-0.1, -0.05) is 6.92 Å². The average Bonchev–Trinajstić information content (AvgIpc) is 3.33. The Kier molecular flexibility index (Phi) is 6.94. The molecule has 1 N–H and O–H groups in total. The van der Waals surface area contributed by atoms with Gasteiger partial charge in [-0.25, -0.2) is 9.37 Å². The second-order valence-electron chi connectivity index (χ2n) is 6.69. The summed E-state index contributed by atoms with van der Waals surface area (Å²) in [4.78, 5) is 18.8. The molecule has 0 aliphatic rings. The van der Waals surface area contributed by atoms with Gasteiger partial charge in [-0.2, -0.15) is 0 Å². The van der Waals surface area contributed by atoms with Gasteiger partial charge in [-0.15, -0.1) is 33.1 Å². The summed E-state index contributed by atoms with van der Waals surface area (Å²) >= 11 is 7.33. The van der Waals surface area contributed by atoms with E-state index in [-0.39, 0.29) is 17.8 Å². The van der Waals surface area contributed by atoms with E-state index in [9.17, 15) is 9.18 Å². The Hall–Kier alpha value is -2.36. The lowest BCUT2D eigenvalue weighted by molar-refractivity contribution is 0.0938. The summed E-state index contributed by atoms with van der Waals surface area (Å²) in [6.07, 6.45) is 0. The molecule has 2 aromatic heterocycles. The van der Waals surface area contributed by atoms with Crippen LogP contribution >= 0.6 is 22.9 Å². The van der Waals surface area contributed by atoms with Gasteiger partial charge in [0, 0.05) is 17.0 Å². The zero-order chi connectivity index (χ0) is 21.0. The zero-order valence-corrected chi connectivity index (χ0v) is 18.0. The van der Waals surface area contributed by atoms with Crippen LogP contribution in [0, 0.1) is 5.82 Å². The standard InChI is InChI=1S/C19H22ClFN6OS/c1-4-26(11-20)9-16-24-25-17(13-5-7-14(21)8-6-13)27(16)19-23-15(10-29-19)18(28)22-12(2)3/h5-8,10,12H,4,9,11H2,1-3H3,(H,22,28). The van der Waals surface area contributed by atoms with E-state index in [1.807, 2.05) is 25.7 Å². The fourth-order valence-electron chi connectivity index (χ4n) is 2.65. The molecule has 0 aliphatic carbocycles. The molecule has 0 bridgehead atoms. The normalized spacial score (nSPS) is 11.4. The minimum atomic E-state index is -0.332. The predicted molar refractivity (Wildman–Crippen MR) is 112 cm³/mol. The second kappa shape index (κ2) is 9.43. The van der Waals surface area contributed by atoms with Gasteiger partial charge in [-0.05, 0) is 44.7 Å². The number of alkyl halides is 1. The predicted octanol–water partition coefficient (Wildman–Crippen LogP) is 3.69. The number of thiazole rings is 1. The summed E-state index contributed by atoms with van der Waals surface area (Å²) in [5, 5.41) is 13.7. The molecule has 0 fully saturated rings. The Morgan fingerprint density at radius 1 is 1.31 bits per heavy atom. The molecule has 0 saturated carbocycles. The van der Waals surface area contributed by atoms with Crippen LogP contribution in [-0.2, 0) is 6.54 Å². The minimum Gasteiger partial charge on any atom is -0.349 e. The molecule has 10 heteroatoms. The van der Waals surface area contributed by atoms with Gasteiger partial charge in [-0.3, -0.25) is 14.3 Å². The summed E-state index contributed by atoms with van der Waals surface area (Å²) in [5.74, 6) is 0.588. The Balaban J connectivity index is 2.04. The number of benzene rings is 1. The molecular weight excluding hydrogens is 415 g/mol.